The van der Waals surface area contributed by atoms with E-state index in [2.05, 4.69) is 17.4 Å². The maximum absolute atomic E-state index is 7.90. The summed E-state index contributed by atoms with van der Waals surface area (Å²) in [7, 11) is 1.94. The van der Waals surface area contributed by atoms with E-state index in [0.29, 0.717) is 5.71 Å². The summed E-state index contributed by atoms with van der Waals surface area (Å²) < 4.78 is 6.09. The SMILES string of the molecule is CNCCC(OC1C=CC=CC1=N)c1ccccc1. The number of hydrogen-bond acceptors (Lipinski definition) is 3. The van der Waals surface area contributed by atoms with Gasteiger partial charge in [-0.1, -0.05) is 42.5 Å². The molecule has 1 aliphatic rings. The van der Waals surface area contributed by atoms with E-state index in [0.717, 1.165) is 18.5 Å². The Balaban J connectivity index is 2.08. The van der Waals surface area contributed by atoms with E-state index >= 15 is 0 Å². The van der Waals surface area contributed by atoms with Crippen LogP contribution in [0.15, 0.2) is 54.6 Å². The summed E-state index contributed by atoms with van der Waals surface area (Å²) in [6.07, 6.45) is 8.17. The van der Waals surface area contributed by atoms with E-state index in [-0.39, 0.29) is 12.2 Å². The number of hydrogen-bond donors (Lipinski definition) is 2. The standard InChI is InChI=1S/C16H20N2O/c1-18-12-11-15(13-7-3-2-4-8-13)19-16-10-6-5-9-14(16)17/h2-10,15-18H,11-12H2,1H3. The first kappa shape index (κ1) is 13.7. The van der Waals surface area contributed by atoms with Crippen LogP contribution in [0.2, 0.25) is 0 Å². The van der Waals surface area contributed by atoms with Gasteiger partial charge in [0.05, 0.1) is 11.8 Å². The Hall–Kier alpha value is -1.71. The van der Waals surface area contributed by atoms with Crippen molar-refractivity contribution in [1.82, 2.24) is 5.32 Å². The molecule has 0 spiro atoms. The topological polar surface area (TPSA) is 45.1 Å². The minimum absolute atomic E-state index is 0.00940. The lowest BCUT2D eigenvalue weighted by Crippen LogP contribution is -2.25. The lowest BCUT2D eigenvalue weighted by molar-refractivity contribution is 0.0395. The minimum Gasteiger partial charge on any atom is -0.360 e. The molecule has 1 aromatic rings. The van der Waals surface area contributed by atoms with Gasteiger partial charge in [0.1, 0.15) is 6.10 Å². The van der Waals surface area contributed by atoms with Crippen LogP contribution in [0.5, 0.6) is 0 Å². The zero-order valence-corrected chi connectivity index (χ0v) is 11.2. The smallest absolute Gasteiger partial charge is 0.118 e. The molecule has 0 aromatic heterocycles. The molecule has 0 bridgehead atoms. The fourth-order valence-electron chi connectivity index (χ4n) is 2.07. The first-order valence-corrected chi connectivity index (χ1v) is 6.59. The maximum Gasteiger partial charge on any atom is 0.118 e. The van der Waals surface area contributed by atoms with Gasteiger partial charge in [-0.25, -0.2) is 0 Å². The Morgan fingerprint density at radius 2 is 2.05 bits per heavy atom. The van der Waals surface area contributed by atoms with Crippen molar-refractivity contribution in [2.45, 2.75) is 18.6 Å². The molecular weight excluding hydrogens is 236 g/mol. The Kier molecular flexibility index (Phi) is 5.07. The van der Waals surface area contributed by atoms with Crippen LogP contribution in [-0.2, 0) is 4.74 Å². The van der Waals surface area contributed by atoms with Gasteiger partial charge in [0.25, 0.3) is 0 Å². The number of nitrogens with one attached hydrogen (secondary N) is 2. The summed E-state index contributed by atoms with van der Waals surface area (Å²) in [5.41, 5.74) is 1.67. The Morgan fingerprint density at radius 1 is 1.26 bits per heavy atom. The van der Waals surface area contributed by atoms with Crippen molar-refractivity contribution in [3.63, 3.8) is 0 Å². The highest BCUT2D eigenvalue weighted by atomic mass is 16.5. The molecule has 0 heterocycles. The molecule has 19 heavy (non-hydrogen) atoms. The van der Waals surface area contributed by atoms with Gasteiger partial charge in [0, 0.05) is 0 Å². The third-order valence-corrected chi connectivity index (χ3v) is 3.12. The van der Waals surface area contributed by atoms with Gasteiger partial charge in [-0.2, -0.15) is 0 Å². The summed E-state index contributed by atoms with van der Waals surface area (Å²) >= 11 is 0. The highest BCUT2D eigenvalue weighted by Crippen LogP contribution is 2.24. The zero-order chi connectivity index (χ0) is 13.5. The van der Waals surface area contributed by atoms with Crippen LogP contribution in [-0.4, -0.2) is 25.4 Å². The average molecular weight is 256 g/mol. The molecule has 2 N–H and O–H groups in total. The van der Waals surface area contributed by atoms with Gasteiger partial charge in [0.15, 0.2) is 0 Å². The molecular formula is C16H20N2O. The lowest BCUT2D eigenvalue weighted by atomic mass is 10.0. The summed E-state index contributed by atoms with van der Waals surface area (Å²) in [5.74, 6) is 0. The molecule has 100 valence electrons. The van der Waals surface area contributed by atoms with Crippen LogP contribution in [0.1, 0.15) is 18.1 Å². The minimum atomic E-state index is -0.243. The van der Waals surface area contributed by atoms with Gasteiger partial charge < -0.3 is 15.5 Å². The molecule has 0 aliphatic heterocycles. The van der Waals surface area contributed by atoms with Crippen LogP contribution < -0.4 is 5.32 Å². The fraction of sp³-hybridized carbons (Fsp3) is 0.312. The average Bonchev–Trinajstić information content (AvgIpc) is 2.46. The summed E-state index contributed by atoms with van der Waals surface area (Å²) in [4.78, 5) is 0. The molecule has 0 saturated heterocycles. The van der Waals surface area contributed by atoms with Crippen molar-refractivity contribution in [3.8, 4) is 0 Å². The fourth-order valence-corrected chi connectivity index (χ4v) is 2.07. The highest BCUT2D eigenvalue weighted by molar-refractivity contribution is 5.98. The first-order valence-electron chi connectivity index (χ1n) is 6.59. The second-order valence-electron chi connectivity index (χ2n) is 4.55. The van der Waals surface area contributed by atoms with E-state index in [1.807, 2.05) is 43.5 Å². The van der Waals surface area contributed by atoms with Crippen molar-refractivity contribution in [2.24, 2.45) is 0 Å². The van der Waals surface area contributed by atoms with Crippen LogP contribution in [0.25, 0.3) is 0 Å². The molecule has 0 saturated carbocycles. The number of rotatable bonds is 6. The number of ether oxygens (including phenoxy) is 1. The third kappa shape index (κ3) is 3.88. The molecule has 3 nitrogen and oxygen atoms in total. The van der Waals surface area contributed by atoms with Crippen LogP contribution in [0.4, 0.5) is 0 Å². The molecule has 2 rings (SSSR count). The zero-order valence-electron chi connectivity index (χ0n) is 11.2. The van der Waals surface area contributed by atoms with Crippen LogP contribution in [0, 0.1) is 5.41 Å². The molecule has 0 amide bonds. The van der Waals surface area contributed by atoms with Crippen molar-refractivity contribution >= 4 is 5.71 Å². The molecule has 0 fully saturated rings. The normalized spacial score (nSPS) is 19.6. The van der Waals surface area contributed by atoms with Gasteiger partial charge in [-0.3, -0.25) is 0 Å². The van der Waals surface area contributed by atoms with Crippen LogP contribution in [0.3, 0.4) is 0 Å². The van der Waals surface area contributed by atoms with Crippen molar-refractivity contribution < 1.29 is 4.74 Å². The Bertz CT molecular complexity index is 465. The second-order valence-corrected chi connectivity index (χ2v) is 4.55. The molecule has 2 atom stereocenters. The van der Waals surface area contributed by atoms with Gasteiger partial charge in [-0.15, -0.1) is 0 Å². The van der Waals surface area contributed by atoms with E-state index in [1.165, 1.54) is 0 Å². The first-order chi connectivity index (χ1) is 9.31. The Labute approximate surface area is 114 Å². The van der Waals surface area contributed by atoms with E-state index in [1.54, 1.807) is 6.08 Å². The second kappa shape index (κ2) is 7.02. The molecule has 0 radical (unpaired) electrons. The van der Waals surface area contributed by atoms with Crippen molar-refractivity contribution in [1.29, 1.82) is 5.41 Å². The monoisotopic (exact) mass is 256 g/mol. The molecule has 1 aromatic carbocycles. The molecule has 3 heteroatoms. The van der Waals surface area contributed by atoms with Crippen LogP contribution >= 0.6 is 0 Å². The predicted molar refractivity (Wildman–Crippen MR) is 78.6 cm³/mol. The largest absolute Gasteiger partial charge is 0.360 e. The van der Waals surface area contributed by atoms with Crippen molar-refractivity contribution in [3.05, 3.63) is 60.2 Å². The Morgan fingerprint density at radius 3 is 2.74 bits per heavy atom. The maximum atomic E-state index is 7.90. The van der Waals surface area contributed by atoms with Crippen molar-refractivity contribution in [2.75, 3.05) is 13.6 Å². The molecule has 1 aliphatic carbocycles. The van der Waals surface area contributed by atoms with Gasteiger partial charge >= 0.3 is 0 Å². The van der Waals surface area contributed by atoms with Gasteiger partial charge in [-0.05, 0) is 37.7 Å². The predicted octanol–water partition coefficient (Wildman–Crippen LogP) is 2.87. The van der Waals surface area contributed by atoms with E-state index in [9.17, 15) is 0 Å². The number of benzene rings is 1. The van der Waals surface area contributed by atoms with E-state index in [4.69, 9.17) is 10.1 Å². The molecule has 2 unspecified atom stereocenters. The lowest BCUT2D eigenvalue weighted by Gasteiger charge is -2.24. The quantitative estimate of drug-likeness (QED) is 0.822. The van der Waals surface area contributed by atoms with E-state index < -0.39 is 0 Å². The van der Waals surface area contributed by atoms with Gasteiger partial charge in [0.2, 0.25) is 0 Å². The summed E-state index contributed by atoms with van der Waals surface area (Å²) in [6.45, 7) is 0.888. The summed E-state index contributed by atoms with van der Waals surface area (Å²) in [6, 6.07) is 10.2. The number of allylic oxidation sites excluding steroid dienone is 2. The highest BCUT2D eigenvalue weighted by Gasteiger charge is 2.19. The summed E-state index contributed by atoms with van der Waals surface area (Å²) in [5, 5.41) is 11.1. The third-order valence-electron chi connectivity index (χ3n) is 3.12.